The standard InChI is InChI=1S/C25H20N2O/c28-25(23-15-22(23)17-8-2-1-3-9-17)27-26-16-24-20-12-6-4-10-18(20)14-19-11-5-7-13-21(19)24/h1-14,16,22-23H,15H2,(H,27,28)/b26-16-/t22-,23-/m1/s1. The number of amides is 1. The summed E-state index contributed by atoms with van der Waals surface area (Å²) in [4.78, 5) is 12.5. The van der Waals surface area contributed by atoms with E-state index in [-0.39, 0.29) is 11.8 Å². The Morgan fingerprint density at radius 1 is 0.857 bits per heavy atom. The first-order valence-corrected chi connectivity index (χ1v) is 9.59. The average Bonchev–Trinajstić information content (AvgIpc) is 3.55. The second-order valence-electron chi connectivity index (χ2n) is 7.33. The minimum Gasteiger partial charge on any atom is -0.273 e. The zero-order valence-corrected chi connectivity index (χ0v) is 15.4. The summed E-state index contributed by atoms with van der Waals surface area (Å²) < 4.78 is 0. The quantitative estimate of drug-likeness (QED) is 0.300. The van der Waals surface area contributed by atoms with Crippen molar-refractivity contribution in [2.45, 2.75) is 12.3 Å². The SMILES string of the molecule is O=C(N/N=C\c1c2ccccc2cc2ccccc12)[C@@H]1C[C@@H]1c1ccccc1. The summed E-state index contributed by atoms with van der Waals surface area (Å²) in [7, 11) is 0. The van der Waals surface area contributed by atoms with E-state index in [0.29, 0.717) is 5.92 Å². The van der Waals surface area contributed by atoms with Gasteiger partial charge >= 0.3 is 0 Å². The van der Waals surface area contributed by atoms with Crippen molar-refractivity contribution in [3.63, 3.8) is 0 Å². The number of hydrogen-bond donors (Lipinski definition) is 1. The molecule has 1 aliphatic carbocycles. The van der Waals surface area contributed by atoms with E-state index >= 15 is 0 Å². The molecule has 0 aliphatic heterocycles. The number of hydrazone groups is 1. The van der Waals surface area contributed by atoms with Crippen LogP contribution in [0.15, 0.2) is 90.0 Å². The minimum absolute atomic E-state index is 0.00496. The lowest BCUT2D eigenvalue weighted by molar-refractivity contribution is -0.122. The molecule has 28 heavy (non-hydrogen) atoms. The molecule has 3 nitrogen and oxygen atoms in total. The van der Waals surface area contributed by atoms with Crippen LogP contribution in [0.4, 0.5) is 0 Å². The predicted octanol–water partition coefficient (Wildman–Crippen LogP) is 5.25. The number of nitrogens with zero attached hydrogens (tertiary/aromatic N) is 1. The van der Waals surface area contributed by atoms with Crippen LogP contribution in [0.3, 0.4) is 0 Å². The Bertz CT molecular complexity index is 1140. The van der Waals surface area contributed by atoms with Gasteiger partial charge in [0.15, 0.2) is 0 Å². The third-order valence-electron chi connectivity index (χ3n) is 5.54. The molecule has 1 aliphatic rings. The first-order valence-electron chi connectivity index (χ1n) is 9.59. The number of hydrogen-bond acceptors (Lipinski definition) is 2. The van der Waals surface area contributed by atoms with Gasteiger partial charge in [-0.1, -0.05) is 78.9 Å². The van der Waals surface area contributed by atoms with E-state index in [2.05, 4.69) is 53.0 Å². The Balaban J connectivity index is 1.39. The van der Waals surface area contributed by atoms with Crippen molar-refractivity contribution >= 4 is 33.7 Å². The summed E-state index contributed by atoms with van der Waals surface area (Å²) in [5.74, 6) is 0.327. The van der Waals surface area contributed by atoms with E-state index in [0.717, 1.165) is 22.8 Å². The number of nitrogens with one attached hydrogen (secondary N) is 1. The first-order chi connectivity index (χ1) is 13.8. The van der Waals surface area contributed by atoms with Crippen molar-refractivity contribution in [3.05, 3.63) is 96.1 Å². The van der Waals surface area contributed by atoms with Gasteiger partial charge in [0.05, 0.1) is 6.21 Å². The number of carbonyl (C=O) groups is 1. The molecule has 0 aromatic heterocycles. The lowest BCUT2D eigenvalue weighted by atomic mass is 9.97. The van der Waals surface area contributed by atoms with Crippen LogP contribution in [0.1, 0.15) is 23.5 Å². The molecule has 0 heterocycles. The van der Waals surface area contributed by atoms with Gasteiger partial charge in [0.1, 0.15) is 0 Å². The van der Waals surface area contributed by atoms with Crippen molar-refractivity contribution in [1.82, 2.24) is 5.43 Å². The molecule has 0 spiro atoms. The van der Waals surface area contributed by atoms with Crippen LogP contribution in [0.25, 0.3) is 21.5 Å². The average molecular weight is 364 g/mol. The van der Waals surface area contributed by atoms with Gasteiger partial charge in [-0.3, -0.25) is 4.79 Å². The van der Waals surface area contributed by atoms with Gasteiger partial charge in [-0.15, -0.1) is 0 Å². The van der Waals surface area contributed by atoms with Crippen LogP contribution in [-0.2, 0) is 4.79 Å². The molecule has 0 radical (unpaired) electrons. The molecule has 1 N–H and O–H groups in total. The molecule has 2 atom stereocenters. The Labute approximate surface area is 163 Å². The van der Waals surface area contributed by atoms with Crippen LogP contribution in [-0.4, -0.2) is 12.1 Å². The van der Waals surface area contributed by atoms with Crippen molar-refractivity contribution in [2.75, 3.05) is 0 Å². The van der Waals surface area contributed by atoms with E-state index in [1.807, 2.05) is 42.5 Å². The van der Waals surface area contributed by atoms with Crippen molar-refractivity contribution < 1.29 is 4.79 Å². The highest BCUT2D eigenvalue weighted by atomic mass is 16.2. The van der Waals surface area contributed by atoms with Gasteiger partial charge < -0.3 is 0 Å². The summed E-state index contributed by atoms with van der Waals surface area (Å²) in [6.45, 7) is 0. The van der Waals surface area contributed by atoms with E-state index in [4.69, 9.17) is 0 Å². The third-order valence-corrected chi connectivity index (χ3v) is 5.54. The van der Waals surface area contributed by atoms with Gasteiger partial charge in [-0.25, -0.2) is 5.43 Å². The zero-order chi connectivity index (χ0) is 18.9. The molecule has 1 amide bonds. The van der Waals surface area contributed by atoms with E-state index in [1.54, 1.807) is 6.21 Å². The molecule has 0 bridgehead atoms. The second kappa shape index (κ2) is 6.93. The van der Waals surface area contributed by atoms with Crippen LogP contribution < -0.4 is 5.43 Å². The Hall–Kier alpha value is -3.46. The molecule has 1 fully saturated rings. The smallest absolute Gasteiger partial charge is 0.243 e. The largest absolute Gasteiger partial charge is 0.273 e. The van der Waals surface area contributed by atoms with Gasteiger partial charge in [0.25, 0.3) is 0 Å². The zero-order valence-electron chi connectivity index (χ0n) is 15.4. The van der Waals surface area contributed by atoms with Crippen molar-refractivity contribution in [3.8, 4) is 0 Å². The normalized spacial score (nSPS) is 18.6. The highest BCUT2D eigenvalue weighted by Crippen LogP contribution is 2.47. The summed E-state index contributed by atoms with van der Waals surface area (Å²) in [6, 6.07) is 28.9. The van der Waals surface area contributed by atoms with Crippen LogP contribution in [0.5, 0.6) is 0 Å². The fraction of sp³-hybridized carbons (Fsp3) is 0.120. The molecule has 0 unspecified atom stereocenters. The first kappa shape index (κ1) is 16.7. The predicted molar refractivity (Wildman–Crippen MR) is 114 cm³/mol. The number of fused-ring (bicyclic) bond motifs is 2. The van der Waals surface area contributed by atoms with Crippen LogP contribution in [0, 0.1) is 5.92 Å². The molecule has 4 aromatic rings. The van der Waals surface area contributed by atoms with Crippen LogP contribution >= 0.6 is 0 Å². The van der Waals surface area contributed by atoms with Crippen LogP contribution in [0.2, 0.25) is 0 Å². The Morgan fingerprint density at radius 2 is 1.46 bits per heavy atom. The number of benzene rings is 4. The highest BCUT2D eigenvalue weighted by Gasteiger charge is 2.43. The third kappa shape index (κ3) is 3.05. The molecule has 1 saturated carbocycles. The van der Waals surface area contributed by atoms with Crippen molar-refractivity contribution in [1.29, 1.82) is 0 Å². The number of rotatable bonds is 4. The summed E-state index contributed by atoms with van der Waals surface area (Å²) in [5.41, 5.74) is 5.01. The summed E-state index contributed by atoms with van der Waals surface area (Å²) in [5, 5.41) is 8.90. The maximum absolute atomic E-state index is 12.5. The fourth-order valence-corrected chi connectivity index (χ4v) is 3.98. The molecular formula is C25H20N2O. The van der Waals surface area contributed by atoms with Gasteiger partial charge in [-0.05, 0) is 45.5 Å². The Kier molecular flexibility index (Phi) is 4.13. The van der Waals surface area contributed by atoms with Gasteiger partial charge in [0.2, 0.25) is 5.91 Å². The van der Waals surface area contributed by atoms with E-state index in [9.17, 15) is 4.79 Å². The molecule has 3 heteroatoms. The molecule has 136 valence electrons. The minimum atomic E-state index is -0.00496. The fourth-order valence-electron chi connectivity index (χ4n) is 3.98. The van der Waals surface area contributed by atoms with E-state index < -0.39 is 0 Å². The molecular weight excluding hydrogens is 344 g/mol. The summed E-state index contributed by atoms with van der Waals surface area (Å²) in [6.07, 6.45) is 2.67. The number of carbonyl (C=O) groups excluding carboxylic acids is 1. The topological polar surface area (TPSA) is 41.5 Å². The van der Waals surface area contributed by atoms with E-state index in [1.165, 1.54) is 16.3 Å². The second-order valence-corrected chi connectivity index (χ2v) is 7.33. The maximum atomic E-state index is 12.5. The molecule has 0 saturated heterocycles. The maximum Gasteiger partial charge on any atom is 0.243 e. The molecule has 4 aromatic carbocycles. The highest BCUT2D eigenvalue weighted by molar-refractivity contribution is 6.13. The summed E-state index contributed by atoms with van der Waals surface area (Å²) >= 11 is 0. The van der Waals surface area contributed by atoms with Gasteiger partial charge in [-0.2, -0.15) is 5.10 Å². The monoisotopic (exact) mass is 364 g/mol. The van der Waals surface area contributed by atoms with Gasteiger partial charge in [0, 0.05) is 11.5 Å². The van der Waals surface area contributed by atoms with Crippen molar-refractivity contribution in [2.24, 2.45) is 11.0 Å². The molecule has 5 rings (SSSR count). The lowest BCUT2D eigenvalue weighted by Crippen LogP contribution is -2.20. The Morgan fingerprint density at radius 3 is 2.14 bits per heavy atom. The lowest BCUT2D eigenvalue weighted by Gasteiger charge is -2.08.